The summed E-state index contributed by atoms with van der Waals surface area (Å²) in [7, 11) is -2.45. The zero-order valence-corrected chi connectivity index (χ0v) is 23.2. The molecule has 0 radical (unpaired) electrons. The van der Waals surface area contributed by atoms with Crippen LogP contribution in [0.3, 0.4) is 0 Å². The van der Waals surface area contributed by atoms with E-state index in [1.165, 1.54) is 21.5 Å². The maximum absolute atomic E-state index is 7.03. The molecule has 0 aliphatic carbocycles. The van der Waals surface area contributed by atoms with E-state index in [2.05, 4.69) is 120 Å². The largest absolute Gasteiger partial charge is 0.472 e. The van der Waals surface area contributed by atoms with Gasteiger partial charge in [-0.05, 0) is 65.6 Å². The molecule has 0 aliphatic rings. The number of aryl methyl sites for hydroxylation is 1. The SMILES string of the molecule is C/C(=C\C=C/[C@@H](C)CCO[Si](c1ccccc1)(c1ccccc1)C(C)(C)C)CCCc1ccoc1. The van der Waals surface area contributed by atoms with E-state index in [9.17, 15) is 0 Å². The summed E-state index contributed by atoms with van der Waals surface area (Å²) >= 11 is 0. The van der Waals surface area contributed by atoms with Crippen LogP contribution in [0.25, 0.3) is 0 Å². The van der Waals surface area contributed by atoms with Gasteiger partial charge in [-0.3, -0.25) is 0 Å². The number of allylic oxidation sites excluding steroid dienone is 4. The summed E-state index contributed by atoms with van der Waals surface area (Å²) in [5.74, 6) is 0.461. The first kappa shape index (κ1) is 27.0. The zero-order valence-electron chi connectivity index (χ0n) is 22.2. The van der Waals surface area contributed by atoms with Gasteiger partial charge in [0, 0.05) is 6.61 Å². The van der Waals surface area contributed by atoms with Gasteiger partial charge in [-0.1, -0.05) is 112 Å². The number of benzene rings is 2. The normalized spacial score (nSPS) is 13.9. The maximum Gasteiger partial charge on any atom is 0.261 e. The first-order valence-electron chi connectivity index (χ1n) is 12.9. The zero-order chi connectivity index (χ0) is 25.2. The summed E-state index contributed by atoms with van der Waals surface area (Å²) in [5.41, 5.74) is 2.70. The van der Waals surface area contributed by atoms with E-state index in [1.54, 1.807) is 6.26 Å². The Balaban J connectivity index is 1.62. The molecule has 0 spiro atoms. The van der Waals surface area contributed by atoms with Crippen molar-refractivity contribution in [1.29, 1.82) is 0 Å². The maximum atomic E-state index is 7.03. The number of hydrogen-bond donors (Lipinski definition) is 0. The molecule has 3 rings (SSSR count). The third-order valence-electron chi connectivity index (χ3n) is 6.75. The summed E-state index contributed by atoms with van der Waals surface area (Å²) < 4.78 is 12.2. The lowest BCUT2D eigenvalue weighted by Gasteiger charge is -2.43. The second-order valence-electron chi connectivity index (χ2n) is 10.7. The van der Waals surface area contributed by atoms with Gasteiger partial charge in [0.15, 0.2) is 0 Å². The Morgan fingerprint density at radius 1 is 0.971 bits per heavy atom. The Labute approximate surface area is 213 Å². The van der Waals surface area contributed by atoms with Gasteiger partial charge in [-0.25, -0.2) is 0 Å². The number of furan rings is 1. The van der Waals surface area contributed by atoms with Crippen molar-refractivity contribution >= 4 is 18.7 Å². The number of rotatable bonds is 12. The molecule has 0 amide bonds. The van der Waals surface area contributed by atoms with Crippen molar-refractivity contribution in [2.75, 3.05) is 6.61 Å². The lowest BCUT2D eigenvalue weighted by Crippen LogP contribution is -2.66. The van der Waals surface area contributed by atoms with Crippen LogP contribution in [0, 0.1) is 5.92 Å². The predicted molar refractivity (Wildman–Crippen MR) is 152 cm³/mol. The highest BCUT2D eigenvalue weighted by atomic mass is 28.4. The van der Waals surface area contributed by atoms with Crippen molar-refractivity contribution in [3.05, 3.63) is 109 Å². The quantitative estimate of drug-likeness (QED) is 0.193. The van der Waals surface area contributed by atoms with E-state index in [0.717, 1.165) is 32.3 Å². The van der Waals surface area contributed by atoms with Gasteiger partial charge in [0.1, 0.15) is 0 Å². The van der Waals surface area contributed by atoms with Gasteiger partial charge in [-0.2, -0.15) is 0 Å². The van der Waals surface area contributed by atoms with E-state index in [-0.39, 0.29) is 5.04 Å². The standard InChI is InChI=1S/C32H42O2Si/c1-27(16-13-17-29-23-24-33-26-29)14-12-15-28(2)22-25-34-35(32(3,4)5,30-18-8-6-9-19-30)31-20-10-7-11-21-31/h6-12,14-15,18-21,23-24,26,28H,13,16-17,22,25H2,1-5H3/b15-12-,27-14+/t28-/m1/s1. The minimum atomic E-state index is -2.45. The minimum Gasteiger partial charge on any atom is -0.472 e. The molecule has 1 aromatic heterocycles. The van der Waals surface area contributed by atoms with Gasteiger partial charge in [-0.15, -0.1) is 0 Å². The fourth-order valence-corrected chi connectivity index (χ4v) is 9.33. The van der Waals surface area contributed by atoms with Crippen LogP contribution in [0.4, 0.5) is 0 Å². The van der Waals surface area contributed by atoms with Crippen LogP contribution in [-0.2, 0) is 10.8 Å². The van der Waals surface area contributed by atoms with Crippen LogP contribution in [0.15, 0.2) is 107 Å². The Hall–Kier alpha value is -2.62. The Morgan fingerprint density at radius 2 is 1.60 bits per heavy atom. The van der Waals surface area contributed by atoms with Crippen molar-refractivity contribution in [2.24, 2.45) is 5.92 Å². The highest BCUT2D eigenvalue weighted by molar-refractivity contribution is 6.99. The highest BCUT2D eigenvalue weighted by Crippen LogP contribution is 2.37. The smallest absolute Gasteiger partial charge is 0.261 e. The second kappa shape index (κ2) is 12.9. The molecule has 0 unspecified atom stereocenters. The molecule has 0 N–H and O–H groups in total. The molecular weight excluding hydrogens is 444 g/mol. The molecule has 3 aromatic rings. The lowest BCUT2D eigenvalue weighted by molar-refractivity contribution is 0.278. The summed E-state index contributed by atoms with van der Waals surface area (Å²) in [5, 5.41) is 2.71. The molecule has 0 saturated heterocycles. The van der Waals surface area contributed by atoms with Gasteiger partial charge in [0.25, 0.3) is 8.32 Å². The van der Waals surface area contributed by atoms with E-state index in [0.29, 0.717) is 5.92 Å². The molecule has 0 fully saturated rings. The molecular formula is C32H42O2Si. The summed E-state index contributed by atoms with van der Waals surface area (Å²) in [4.78, 5) is 0. The lowest BCUT2D eigenvalue weighted by atomic mass is 10.1. The van der Waals surface area contributed by atoms with Gasteiger partial charge in [0.2, 0.25) is 0 Å². The first-order chi connectivity index (χ1) is 16.8. The second-order valence-corrected chi connectivity index (χ2v) is 15.0. The summed E-state index contributed by atoms with van der Waals surface area (Å²) in [6, 6.07) is 23.8. The molecule has 2 nitrogen and oxygen atoms in total. The van der Waals surface area contributed by atoms with E-state index >= 15 is 0 Å². The minimum absolute atomic E-state index is 0.0189. The highest BCUT2D eigenvalue weighted by Gasteiger charge is 2.49. The number of hydrogen-bond acceptors (Lipinski definition) is 2. The van der Waals surface area contributed by atoms with Crippen molar-refractivity contribution in [1.82, 2.24) is 0 Å². The van der Waals surface area contributed by atoms with E-state index in [1.807, 2.05) is 6.26 Å². The van der Waals surface area contributed by atoms with Crippen LogP contribution in [0.2, 0.25) is 5.04 Å². The van der Waals surface area contributed by atoms with Gasteiger partial charge >= 0.3 is 0 Å². The van der Waals surface area contributed by atoms with E-state index in [4.69, 9.17) is 8.84 Å². The Bertz CT molecular complexity index is 1000. The van der Waals surface area contributed by atoms with Gasteiger partial charge < -0.3 is 8.84 Å². The third-order valence-corrected chi connectivity index (χ3v) is 11.8. The van der Waals surface area contributed by atoms with Crippen LogP contribution >= 0.6 is 0 Å². The first-order valence-corrected chi connectivity index (χ1v) is 14.8. The fraction of sp³-hybridized carbons (Fsp3) is 0.375. The molecule has 0 bridgehead atoms. The third kappa shape index (κ3) is 7.43. The average molecular weight is 487 g/mol. The molecule has 0 saturated carbocycles. The summed E-state index contributed by atoms with van der Waals surface area (Å²) in [6.45, 7) is 12.3. The monoisotopic (exact) mass is 486 g/mol. The van der Waals surface area contributed by atoms with E-state index < -0.39 is 8.32 Å². The average Bonchev–Trinajstić information content (AvgIpc) is 3.36. The Kier molecular flexibility index (Phi) is 9.94. The molecule has 1 atom stereocenters. The van der Waals surface area contributed by atoms with Crippen molar-refractivity contribution in [2.45, 2.75) is 65.3 Å². The molecule has 35 heavy (non-hydrogen) atoms. The van der Waals surface area contributed by atoms with Crippen LogP contribution in [0.1, 0.15) is 59.4 Å². The molecule has 2 aromatic carbocycles. The summed E-state index contributed by atoms with van der Waals surface area (Å²) in [6.07, 6.45) is 14.7. The Morgan fingerprint density at radius 3 is 2.14 bits per heavy atom. The predicted octanol–water partition coefficient (Wildman–Crippen LogP) is 7.71. The molecule has 1 heterocycles. The molecule has 3 heteroatoms. The van der Waals surface area contributed by atoms with Crippen LogP contribution in [0.5, 0.6) is 0 Å². The molecule has 186 valence electrons. The van der Waals surface area contributed by atoms with Crippen LogP contribution < -0.4 is 10.4 Å². The molecule has 0 aliphatic heterocycles. The van der Waals surface area contributed by atoms with Crippen molar-refractivity contribution in [3.8, 4) is 0 Å². The van der Waals surface area contributed by atoms with Crippen LogP contribution in [-0.4, -0.2) is 14.9 Å². The van der Waals surface area contributed by atoms with Gasteiger partial charge in [0.05, 0.1) is 12.5 Å². The van der Waals surface area contributed by atoms with Crippen molar-refractivity contribution < 1.29 is 8.84 Å². The topological polar surface area (TPSA) is 22.4 Å². The fourth-order valence-electron chi connectivity index (χ4n) is 4.75. The van der Waals surface area contributed by atoms with Crippen molar-refractivity contribution in [3.63, 3.8) is 0 Å².